The molecule has 0 aliphatic carbocycles. The van der Waals surface area contributed by atoms with E-state index in [0.717, 1.165) is 35.8 Å². The van der Waals surface area contributed by atoms with Gasteiger partial charge in [-0.25, -0.2) is 15.0 Å². The highest BCUT2D eigenvalue weighted by molar-refractivity contribution is 7.09. The van der Waals surface area contributed by atoms with Crippen molar-refractivity contribution in [1.82, 2.24) is 15.0 Å². The van der Waals surface area contributed by atoms with Gasteiger partial charge in [-0.1, -0.05) is 0 Å². The number of aryl methyl sites for hydroxylation is 2. The number of nitrogens with one attached hydrogen (secondary N) is 1. The van der Waals surface area contributed by atoms with Crippen molar-refractivity contribution in [2.45, 2.75) is 25.9 Å². The predicted octanol–water partition coefficient (Wildman–Crippen LogP) is 3.31. The van der Waals surface area contributed by atoms with Gasteiger partial charge in [0.1, 0.15) is 5.69 Å². The number of nitrogens with zero attached hydrogens (tertiary/aromatic N) is 3. The smallest absolute Gasteiger partial charge is 0.354 e. The molecule has 8 heteroatoms. The Bertz CT molecular complexity index is 568. The quantitative estimate of drug-likeness (QED) is 0.861. The number of thiazole rings is 1. The molecule has 4 nitrogen and oxygen atoms in total. The van der Waals surface area contributed by atoms with Gasteiger partial charge in [0.05, 0.1) is 5.01 Å². The van der Waals surface area contributed by atoms with E-state index in [1.54, 1.807) is 11.3 Å². The highest BCUT2D eigenvalue weighted by atomic mass is 32.1. The zero-order valence-electron chi connectivity index (χ0n) is 10.7. The van der Waals surface area contributed by atoms with Gasteiger partial charge in [0.25, 0.3) is 0 Å². The van der Waals surface area contributed by atoms with Gasteiger partial charge in [-0.2, -0.15) is 13.2 Å². The number of rotatable bonds is 5. The molecule has 0 saturated heterocycles. The third-order valence-electron chi connectivity index (χ3n) is 2.46. The normalized spacial score (nSPS) is 11.6. The number of halogens is 3. The van der Waals surface area contributed by atoms with Crippen molar-refractivity contribution in [2.75, 3.05) is 11.9 Å². The van der Waals surface area contributed by atoms with Crippen LogP contribution in [0.3, 0.4) is 0 Å². The van der Waals surface area contributed by atoms with Crippen LogP contribution >= 0.6 is 11.3 Å². The summed E-state index contributed by atoms with van der Waals surface area (Å²) >= 11 is 1.58. The SMILES string of the molecule is Cc1csc(CCCNc2nccc(C(F)(F)F)n2)n1. The standard InChI is InChI=1S/C12H13F3N4S/c1-8-7-20-10(18-8)3-2-5-16-11-17-6-4-9(19-11)12(13,14)15/h4,6-7H,2-3,5H2,1H3,(H,16,17,19). The van der Waals surface area contributed by atoms with Crippen LogP contribution in [0.5, 0.6) is 0 Å². The van der Waals surface area contributed by atoms with Crippen LogP contribution in [-0.4, -0.2) is 21.5 Å². The van der Waals surface area contributed by atoms with Gasteiger partial charge in [0.15, 0.2) is 0 Å². The number of hydrogen-bond acceptors (Lipinski definition) is 5. The minimum absolute atomic E-state index is 0.00450. The lowest BCUT2D eigenvalue weighted by atomic mass is 10.3. The molecule has 1 N–H and O–H groups in total. The second-order valence-electron chi connectivity index (χ2n) is 4.18. The number of alkyl halides is 3. The molecule has 0 amide bonds. The van der Waals surface area contributed by atoms with Crippen molar-refractivity contribution >= 4 is 17.3 Å². The maximum absolute atomic E-state index is 12.5. The Morgan fingerprint density at radius 2 is 2.10 bits per heavy atom. The van der Waals surface area contributed by atoms with Crippen molar-refractivity contribution in [3.63, 3.8) is 0 Å². The summed E-state index contributed by atoms with van der Waals surface area (Å²) in [6, 6.07) is 0.851. The number of hydrogen-bond donors (Lipinski definition) is 1. The fourth-order valence-electron chi connectivity index (χ4n) is 1.56. The molecule has 0 fully saturated rings. The lowest BCUT2D eigenvalue weighted by molar-refractivity contribution is -0.141. The van der Waals surface area contributed by atoms with Crippen molar-refractivity contribution in [3.05, 3.63) is 34.0 Å². The summed E-state index contributed by atoms with van der Waals surface area (Å²) in [6.45, 7) is 2.43. The van der Waals surface area contributed by atoms with Gasteiger partial charge in [-0.15, -0.1) is 11.3 Å². The molecular weight excluding hydrogens is 289 g/mol. The van der Waals surface area contributed by atoms with E-state index in [0.29, 0.717) is 6.54 Å². The first-order valence-electron chi connectivity index (χ1n) is 6.00. The Labute approximate surface area is 118 Å². The van der Waals surface area contributed by atoms with Gasteiger partial charge in [0.2, 0.25) is 5.95 Å². The van der Waals surface area contributed by atoms with Crippen molar-refractivity contribution in [3.8, 4) is 0 Å². The Morgan fingerprint density at radius 3 is 2.75 bits per heavy atom. The molecule has 0 aliphatic rings. The molecule has 0 radical (unpaired) electrons. The third-order valence-corrected chi connectivity index (χ3v) is 3.49. The zero-order valence-corrected chi connectivity index (χ0v) is 11.6. The first kappa shape index (κ1) is 14.7. The summed E-state index contributed by atoms with van der Waals surface area (Å²) in [5, 5.41) is 5.78. The molecule has 2 aromatic heterocycles. The average molecular weight is 302 g/mol. The van der Waals surface area contributed by atoms with Crippen molar-refractivity contribution in [1.29, 1.82) is 0 Å². The van der Waals surface area contributed by atoms with Gasteiger partial charge in [-0.05, 0) is 19.4 Å². The summed E-state index contributed by atoms with van der Waals surface area (Å²) < 4.78 is 37.4. The summed E-state index contributed by atoms with van der Waals surface area (Å²) in [4.78, 5) is 11.5. The average Bonchev–Trinajstić information content (AvgIpc) is 2.80. The Hall–Kier alpha value is -1.70. The van der Waals surface area contributed by atoms with E-state index in [2.05, 4.69) is 20.3 Å². The zero-order chi connectivity index (χ0) is 14.6. The van der Waals surface area contributed by atoms with Crippen LogP contribution in [0.15, 0.2) is 17.6 Å². The van der Waals surface area contributed by atoms with Crippen LogP contribution < -0.4 is 5.32 Å². The van der Waals surface area contributed by atoms with E-state index in [4.69, 9.17) is 0 Å². The summed E-state index contributed by atoms with van der Waals surface area (Å²) in [6.07, 6.45) is -1.81. The van der Waals surface area contributed by atoms with E-state index in [9.17, 15) is 13.2 Å². The van der Waals surface area contributed by atoms with E-state index in [1.165, 1.54) is 0 Å². The molecular formula is C12H13F3N4S. The van der Waals surface area contributed by atoms with Gasteiger partial charge >= 0.3 is 6.18 Å². The minimum Gasteiger partial charge on any atom is -0.354 e. The summed E-state index contributed by atoms with van der Waals surface area (Å²) in [5.74, 6) is -0.00450. The lowest BCUT2D eigenvalue weighted by Crippen LogP contribution is -2.12. The van der Waals surface area contributed by atoms with Crippen LogP contribution in [0.1, 0.15) is 22.8 Å². The van der Waals surface area contributed by atoms with Crippen molar-refractivity contribution < 1.29 is 13.2 Å². The molecule has 0 aliphatic heterocycles. The molecule has 0 unspecified atom stereocenters. The summed E-state index contributed by atoms with van der Waals surface area (Å²) in [5.41, 5.74) is 0.0460. The van der Waals surface area contributed by atoms with Crippen molar-refractivity contribution in [2.24, 2.45) is 0 Å². The van der Waals surface area contributed by atoms with Crippen LogP contribution in [0.4, 0.5) is 19.1 Å². The van der Waals surface area contributed by atoms with E-state index in [-0.39, 0.29) is 5.95 Å². The van der Waals surface area contributed by atoms with Crippen LogP contribution in [0.25, 0.3) is 0 Å². The maximum atomic E-state index is 12.5. The molecule has 108 valence electrons. The predicted molar refractivity (Wildman–Crippen MR) is 70.7 cm³/mol. The first-order chi connectivity index (χ1) is 9.45. The molecule has 0 bridgehead atoms. The largest absolute Gasteiger partial charge is 0.433 e. The minimum atomic E-state index is -4.45. The first-order valence-corrected chi connectivity index (χ1v) is 6.88. The maximum Gasteiger partial charge on any atom is 0.433 e. The fraction of sp³-hybridized carbons (Fsp3) is 0.417. The number of aromatic nitrogens is 3. The van der Waals surface area contributed by atoms with Gasteiger partial charge in [0, 0.05) is 30.2 Å². The van der Waals surface area contributed by atoms with E-state index in [1.807, 2.05) is 12.3 Å². The lowest BCUT2D eigenvalue weighted by Gasteiger charge is -2.08. The highest BCUT2D eigenvalue weighted by Crippen LogP contribution is 2.27. The third kappa shape index (κ3) is 4.16. The second-order valence-corrected chi connectivity index (χ2v) is 5.12. The molecule has 2 rings (SSSR count). The monoisotopic (exact) mass is 302 g/mol. The van der Waals surface area contributed by atoms with E-state index >= 15 is 0 Å². The summed E-state index contributed by atoms with van der Waals surface area (Å²) in [7, 11) is 0. The van der Waals surface area contributed by atoms with Crippen LogP contribution in [0.2, 0.25) is 0 Å². The highest BCUT2D eigenvalue weighted by Gasteiger charge is 2.32. The Balaban J connectivity index is 1.82. The topological polar surface area (TPSA) is 50.7 Å². The van der Waals surface area contributed by atoms with Crippen LogP contribution in [-0.2, 0) is 12.6 Å². The second kappa shape index (κ2) is 6.17. The molecule has 2 heterocycles. The van der Waals surface area contributed by atoms with Gasteiger partial charge in [-0.3, -0.25) is 0 Å². The van der Waals surface area contributed by atoms with Crippen LogP contribution in [0, 0.1) is 6.92 Å². The molecule has 0 atom stereocenters. The Morgan fingerprint density at radius 1 is 1.30 bits per heavy atom. The molecule has 0 saturated carbocycles. The van der Waals surface area contributed by atoms with Gasteiger partial charge < -0.3 is 5.32 Å². The molecule has 0 aromatic carbocycles. The number of anilines is 1. The Kier molecular flexibility index (Phi) is 4.53. The molecule has 0 spiro atoms. The molecule has 2 aromatic rings. The van der Waals surface area contributed by atoms with E-state index < -0.39 is 11.9 Å². The molecule has 20 heavy (non-hydrogen) atoms. The fourth-order valence-corrected chi connectivity index (χ4v) is 2.38.